The number of hydrogen-bond donors (Lipinski definition) is 0. The van der Waals surface area contributed by atoms with E-state index < -0.39 is 0 Å². The van der Waals surface area contributed by atoms with Gasteiger partial charge in [-0.3, -0.25) is 0 Å². The zero-order chi connectivity index (χ0) is 12.9. The van der Waals surface area contributed by atoms with Gasteiger partial charge in [-0.05, 0) is 52.0 Å². The largest absolute Gasteiger partial charge is 0.345 e. The van der Waals surface area contributed by atoms with Gasteiger partial charge in [0, 0.05) is 46.3 Å². The third-order valence-corrected chi connectivity index (χ3v) is 3.67. The van der Waals surface area contributed by atoms with E-state index in [-0.39, 0.29) is 0 Å². The summed E-state index contributed by atoms with van der Waals surface area (Å²) in [6, 6.07) is 10.1. The van der Waals surface area contributed by atoms with Crippen LogP contribution in [0.2, 0.25) is 0 Å². The summed E-state index contributed by atoms with van der Waals surface area (Å²) < 4.78 is 4.67. The van der Waals surface area contributed by atoms with Gasteiger partial charge in [0.15, 0.2) is 0 Å². The van der Waals surface area contributed by atoms with Crippen LogP contribution in [-0.2, 0) is 0 Å². The molecule has 0 aliphatic rings. The van der Waals surface area contributed by atoms with Gasteiger partial charge in [-0.2, -0.15) is 0 Å². The second-order valence-corrected chi connectivity index (χ2v) is 5.60. The summed E-state index contributed by atoms with van der Waals surface area (Å²) in [5.41, 5.74) is 2.66. The van der Waals surface area contributed by atoms with Crippen molar-refractivity contribution in [3.63, 3.8) is 0 Å². The Morgan fingerprint density at radius 1 is 0.722 bits per heavy atom. The van der Waals surface area contributed by atoms with E-state index >= 15 is 0 Å². The van der Waals surface area contributed by atoms with Crippen LogP contribution < -0.4 is 0 Å². The summed E-state index contributed by atoms with van der Waals surface area (Å²) in [6.45, 7) is 8.90. The Balaban J connectivity index is 2.32. The lowest BCUT2D eigenvalue weighted by atomic mass is 10.2. The maximum atomic E-state index is 2.33. The molecule has 2 heteroatoms. The van der Waals surface area contributed by atoms with E-state index in [1.165, 1.54) is 21.8 Å². The first kappa shape index (κ1) is 11.4. The van der Waals surface area contributed by atoms with Crippen LogP contribution in [0.3, 0.4) is 0 Å². The second kappa shape index (κ2) is 3.91. The smallest absolute Gasteiger partial charge is 0.0490 e. The number of rotatable bonds is 2. The Hall–Kier alpha value is -1.70. The van der Waals surface area contributed by atoms with Gasteiger partial charge in [0.05, 0.1) is 0 Å². The molecule has 0 saturated carbocycles. The molecule has 3 aromatic rings. The van der Waals surface area contributed by atoms with Gasteiger partial charge in [0.25, 0.3) is 0 Å². The molecule has 3 rings (SSSR count). The summed E-state index contributed by atoms with van der Waals surface area (Å²) in [7, 11) is 0. The van der Waals surface area contributed by atoms with Crippen LogP contribution in [0.5, 0.6) is 0 Å². The normalized spacial score (nSPS) is 12.3. The summed E-state index contributed by atoms with van der Waals surface area (Å²) in [6.07, 6.45) is 4.38. The molecule has 0 spiro atoms. The van der Waals surface area contributed by atoms with Gasteiger partial charge in [0.2, 0.25) is 0 Å². The summed E-state index contributed by atoms with van der Waals surface area (Å²) >= 11 is 0. The van der Waals surface area contributed by atoms with Gasteiger partial charge < -0.3 is 9.13 Å². The number of aromatic nitrogens is 2. The van der Waals surface area contributed by atoms with Crippen molar-refractivity contribution in [2.45, 2.75) is 39.8 Å². The Morgan fingerprint density at radius 3 is 1.44 bits per heavy atom. The van der Waals surface area contributed by atoms with Crippen molar-refractivity contribution in [2.75, 3.05) is 0 Å². The molecule has 1 aromatic carbocycles. The number of benzene rings is 1. The van der Waals surface area contributed by atoms with Crippen LogP contribution in [0.15, 0.2) is 36.7 Å². The molecule has 0 amide bonds. The minimum Gasteiger partial charge on any atom is -0.345 e. The quantitative estimate of drug-likeness (QED) is 0.611. The molecule has 0 aliphatic heterocycles. The van der Waals surface area contributed by atoms with E-state index in [2.05, 4.69) is 73.5 Å². The molecule has 94 valence electrons. The van der Waals surface area contributed by atoms with Gasteiger partial charge >= 0.3 is 0 Å². The summed E-state index contributed by atoms with van der Waals surface area (Å²) in [5.74, 6) is 0. The molecule has 2 nitrogen and oxygen atoms in total. The summed E-state index contributed by atoms with van der Waals surface area (Å²) in [5, 5.41) is 2.66. The Morgan fingerprint density at radius 2 is 1.11 bits per heavy atom. The van der Waals surface area contributed by atoms with Crippen molar-refractivity contribution in [3.8, 4) is 0 Å². The molecule has 0 N–H and O–H groups in total. The lowest BCUT2D eigenvalue weighted by molar-refractivity contribution is 0.621. The first-order chi connectivity index (χ1) is 8.58. The highest BCUT2D eigenvalue weighted by atomic mass is 15.0. The third kappa shape index (κ3) is 1.56. The van der Waals surface area contributed by atoms with Crippen LogP contribution in [0.4, 0.5) is 0 Å². The number of fused-ring (bicyclic) bond motifs is 2. The highest BCUT2D eigenvalue weighted by Crippen LogP contribution is 2.28. The second-order valence-electron chi connectivity index (χ2n) is 5.60. The minimum atomic E-state index is 0.507. The fourth-order valence-corrected chi connectivity index (χ4v) is 2.71. The van der Waals surface area contributed by atoms with Gasteiger partial charge in [-0.25, -0.2) is 0 Å². The molecule has 0 aliphatic carbocycles. The predicted octanol–water partition coefficient (Wildman–Crippen LogP) is 4.76. The van der Waals surface area contributed by atoms with Crippen molar-refractivity contribution in [1.29, 1.82) is 0 Å². The molecule has 2 heterocycles. The van der Waals surface area contributed by atoms with Crippen molar-refractivity contribution in [1.82, 2.24) is 9.13 Å². The van der Waals surface area contributed by atoms with Crippen LogP contribution in [0.25, 0.3) is 21.8 Å². The zero-order valence-electron chi connectivity index (χ0n) is 11.5. The van der Waals surface area contributed by atoms with Gasteiger partial charge in [-0.15, -0.1) is 0 Å². The minimum absolute atomic E-state index is 0.507. The predicted molar refractivity (Wildman–Crippen MR) is 78.2 cm³/mol. The Bertz CT molecular complexity index is 636. The summed E-state index contributed by atoms with van der Waals surface area (Å²) in [4.78, 5) is 0. The Kier molecular flexibility index (Phi) is 2.47. The molecule has 2 aromatic heterocycles. The Labute approximate surface area is 108 Å². The molecule has 0 fully saturated rings. The van der Waals surface area contributed by atoms with E-state index in [0.29, 0.717) is 12.1 Å². The van der Waals surface area contributed by atoms with E-state index in [9.17, 15) is 0 Å². The average molecular weight is 240 g/mol. The maximum absolute atomic E-state index is 2.33. The van der Waals surface area contributed by atoms with Crippen molar-refractivity contribution >= 4 is 21.8 Å². The van der Waals surface area contributed by atoms with Crippen molar-refractivity contribution < 1.29 is 0 Å². The SMILES string of the molecule is CC(C)n1ccc2cc3c(ccn3C(C)C)cc21. The molecule has 0 radical (unpaired) electrons. The van der Waals surface area contributed by atoms with E-state index in [1.54, 1.807) is 0 Å². The van der Waals surface area contributed by atoms with E-state index in [1.807, 2.05) is 0 Å². The maximum Gasteiger partial charge on any atom is 0.0490 e. The third-order valence-electron chi connectivity index (χ3n) is 3.67. The van der Waals surface area contributed by atoms with Gasteiger partial charge in [-0.1, -0.05) is 0 Å². The van der Waals surface area contributed by atoms with Crippen molar-refractivity contribution in [2.24, 2.45) is 0 Å². The van der Waals surface area contributed by atoms with E-state index in [0.717, 1.165) is 0 Å². The van der Waals surface area contributed by atoms with Crippen LogP contribution in [0.1, 0.15) is 39.8 Å². The van der Waals surface area contributed by atoms with Crippen LogP contribution in [-0.4, -0.2) is 9.13 Å². The molecular formula is C16H20N2. The zero-order valence-corrected chi connectivity index (χ0v) is 11.5. The lowest BCUT2D eigenvalue weighted by Crippen LogP contribution is -1.99. The molecular weight excluding hydrogens is 220 g/mol. The number of nitrogens with zero attached hydrogens (tertiary/aromatic N) is 2. The monoisotopic (exact) mass is 240 g/mol. The average Bonchev–Trinajstić information content (AvgIpc) is 2.87. The topological polar surface area (TPSA) is 9.86 Å². The van der Waals surface area contributed by atoms with Crippen LogP contribution >= 0.6 is 0 Å². The number of hydrogen-bond acceptors (Lipinski definition) is 0. The molecule has 0 saturated heterocycles. The highest BCUT2D eigenvalue weighted by molar-refractivity contribution is 5.96. The first-order valence-electron chi connectivity index (χ1n) is 6.69. The highest BCUT2D eigenvalue weighted by Gasteiger charge is 2.09. The fraction of sp³-hybridized carbons (Fsp3) is 0.375. The van der Waals surface area contributed by atoms with Crippen LogP contribution in [0, 0.1) is 0 Å². The first-order valence-corrected chi connectivity index (χ1v) is 6.69. The molecule has 0 unspecified atom stereocenters. The molecule has 0 atom stereocenters. The lowest BCUT2D eigenvalue weighted by Gasteiger charge is -2.11. The molecule has 18 heavy (non-hydrogen) atoms. The standard InChI is InChI=1S/C16H20N2/c1-11(2)17-7-5-13-10-16-14(9-15(13)17)6-8-18(16)12(3)4/h5-12H,1-4H3. The van der Waals surface area contributed by atoms with E-state index in [4.69, 9.17) is 0 Å². The fourth-order valence-electron chi connectivity index (χ4n) is 2.71. The molecule has 0 bridgehead atoms. The van der Waals surface area contributed by atoms with Crippen molar-refractivity contribution in [3.05, 3.63) is 36.7 Å². The van der Waals surface area contributed by atoms with Gasteiger partial charge in [0.1, 0.15) is 0 Å².